The minimum Gasteiger partial charge on any atom is -0.493 e. The Kier molecular flexibility index (Phi) is 4.19. The van der Waals surface area contributed by atoms with Crippen LogP contribution in [0.1, 0.15) is 27.7 Å². The van der Waals surface area contributed by atoms with Crippen LogP contribution in [0.25, 0.3) is 0 Å². The van der Waals surface area contributed by atoms with E-state index in [1.807, 2.05) is 38.1 Å². The van der Waals surface area contributed by atoms with Crippen molar-refractivity contribution in [1.29, 1.82) is 0 Å². The van der Waals surface area contributed by atoms with Gasteiger partial charge in [0.15, 0.2) is 5.78 Å². The van der Waals surface area contributed by atoms with Gasteiger partial charge in [-0.05, 0) is 48.0 Å². The van der Waals surface area contributed by atoms with Gasteiger partial charge in [0.1, 0.15) is 5.75 Å². The van der Waals surface area contributed by atoms with Crippen LogP contribution >= 0.6 is 27.3 Å². The van der Waals surface area contributed by atoms with Crippen molar-refractivity contribution in [3.8, 4) is 5.75 Å². The molecule has 0 N–H and O–H groups in total. The van der Waals surface area contributed by atoms with E-state index in [4.69, 9.17) is 4.74 Å². The lowest BCUT2D eigenvalue weighted by Crippen LogP contribution is -2.05. The van der Waals surface area contributed by atoms with Gasteiger partial charge in [0, 0.05) is 10.4 Å². The van der Waals surface area contributed by atoms with Crippen molar-refractivity contribution in [1.82, 2.24) is 0 Å². The molecule has 0 aliphatic carbocycles. The number of carbonyl (C=O) groups is 1. The fraction of sp³-hybridized carbons (Fsp3) is 0.214. The van der Waals surface area contributed by atoms with Gasteiger partial charge in [-0.1, -0.05) is 12.1 Å². The van der Waals surface area contributed by atoms with Gasteiger partial charge in [-0.2, -0.15) is 0 Å². The van der Waals surface area contributed by atoms with E-state index in [1.54, 1.807) is 17.4 Å². The van der Waals surface area contributed by atoms with Crippen LogP contribution in [0.4, 0.5) is 0 Å². The number of rotatable bonds is 4. The molecule has 0 unspecified atom stereocenters. The van der Waals surface area contributed by atoms with E-state index in [1.165, 1.54) is 0 Å². The molecule has 2 aromatic rings. The molecule has 0 radical (unpaired) electrons. The molecule has 0 fully saturated rings. The monoisotopic (exact) mass is 324 g/mol. The van der Waals surface area contributed by atoms with Crippen molar-refractivity contribution >= 4 is 33.0 Å². The highest BCUT2D eigenvalue weighted by Gasteiger charge is 2.18. The predicted molar refractivity (Wildman–Crippen MR) is 77.8 cm³/mol. The molecule has 0 saturated heterocycles. The summed E-state index contributed by atoms with van der Waals surface area (Å²) >= 11 is 4.97. The standard InChI is InChI=1S/C14H13BrO2S/c1-3-17-12-7-5-4-6-10(12)14(16)11-8-13(15)18-9(11)2/h4-8H,3H2,1-2H3. The highest BCUT2D eigenvalue weighted by Crippen LogP contribution is 2.30. The summed E-state index contributed by atoms with van der Waals surface area (Å²) < 4.78 is 6.47. The summed E-state index contributed by atoms with van der Waals surface area (Å²) in [6.07, 6.45) is 0. The van der Waals surface area contributed by atoms with E-state index in [2.05, 4.69) is 15.9 Å². The first-order valence-corrected chi connectivity index (χ1v) is 7.27. The normalized spacial score (nSPS) is 10.4. The van der Waals surface area contributed by atoms with Crippen molar-refractivity contribution in [3.05, 3.63) is 50.1 Å². The molecule has 0 spiro atoms. The van der Waals surface area contributed by atoms with Crippen molar-refractivity contribution in [3.63, 3.8) is 0 Å². The van der Waals surface area contributed by atoms with Gasteiger partial charge >= 0.3 is 0 Å². The number of ketones is 1. The second-order valence-corrected chi connectivity index (χ2v) is 6.41. The molecule has 0 bridgehead atoms. The van der Waals surface area contributed by atoms with Crippen LogP contribution in [0.5, 0.6) is 5.75 Å². The largest absolute Gasteiger partial charge is 0.493 e. The number of hydrogen-bond donors (Lipinski definition) is 0. The average molecular weight is 325 g/mol. The number of aryl methyl sites for hydroxylation is 1. The maximum absolute atomic E-state index is 12.5. The maximum Gasteiger partial charge on any atom is 0.197 e. The summed E-state index contributed by atoms with van der Waals surface area (Å²) in [5, 5.41) is 0. The Hall–Kier alpha value is -1.13. The van der Waals surface area contributed by atoms with Gasteiger partial charge in [0.05, 0.1) is 16.0 Å². The molecule has 2 rings (SSSR count). The van der Waals surface area contributed by atoms with Gasteiger partial charge in [-0.25, -0.2) is 0 Å². The number of carbonyl (C=O) groups excluding carboxylic acids is 1. The molecule has 1 aromatic heterocycles. The lowest BCUT2D eigenvalue weighted by molar-refractivity contribution is 0.103. The Morgan fingerprint density at radius 1 is 1.33 bits per heavy atom. The number of benzene rings is 1. The molecular formula is C14H13BrO2S. The number of para-hydroxylation sites is 1. The van der Waals surface area contributed by atoms with E-state index < -0.39 is 0 Å². The van der Waals surface area contributed by atoms with E-state index >= 15 is 0 Å². The lowest BCUT2D eigenvalue weighted by Gasteiger charge is -2.08. The van der Waals surface area contributed by atoms with E-state index in [9.17, 15) is 4.79 Å². The fourth-order valence-electron chi connectivity index (χ4n) is 1.75. The Labute approximate surface area is 119 Å². The topological polar surface area (TPSA) is 26.3 Å². The van der Waals surface area contributed by atoms with Gasteiger partial charge < -0.3 is 4.74 Å². The summed E-state index contributed by atoms with van der Waals surface area (Å²) in [5.41, 5.74) is 1.35. The Morgan fingerprint density at radius 3 is 2.67 bits per heavy atom. The molecule has 94 valence electrons. The quantitative estimate of drug-likeness (QED) is 0.777. The van der Waals surface area contributed by atoms with Gasteiger partial charge in [-0.3, -0.25) is 4.79 Å². The SMILES string of the molecule is CCOc1ccccc1C(=O)c1cc(Br)sc1C. The van der Waals surface area contributed by atoms with Gasteiger partial charge in [0.25, 0.3) is 0 Å². The molecule has 0 amide bonds. The van der Waals surface area contributed by atoms with Crippen LogP contribution in [-0.2, 0) is 0 Å². The Bertz CT molecular complexity index is 575. The fourth-order valence-corrected chi connectivity index (χ4v) is 3.44. The van der Waals surface area contributed by atoms with Gasteiger partial charge in [0.2, 0.25) is 0 Å². The minimum atomic E-state index is 0.0125. The molecule has 18 heavy (non-hydrogen) atoms. The van der Waals surface area contributed by atoms with E-state index in [0.29, 0.717) is 17.9 Å². The first-order chi connectivity index (χ1) is 8.63. The van der Waals surface area contributed by atoms with Crippen LogP contribution in [-0.4, -0.2) is 12.4 Å². The summed E-state index contributed by atoms with van der Waals surface area (Å²) in [7, 11) is 0. The number of halogens is 1. The van der Waals surface area contributed by atoms with Gasteiger partial charge in [-0.15, -0.1) is 11.3 Å². The summed E-state index contributed by atoms with van der Waals surface area (Å²) in [5.74, 6) is 0.658. The third-order valence-electron chi connectivity index (χ3n) is 2.56. The van der Waals surface area contributed by atoms with Crippen molar-refractivity contribution in [2.75, 3.05) is 6.61 Å². The zero-order valence-electron chi connectivity index (χ0n) is 10.2. The lowest BCUT2D eigenvalue weighted by atomic mass is 10.0. The van der Waals surface area contributed by atoms with Crippen molar-refractivity contribution in [2.45, 2.75) is 13.8 Å². The second-order valence-electron chi connectivity index (χ2n) is 3.78. The van der Waals surface area contributed by atoms with Crippen LogP contribution < -0.4 is 4.74 Å². The zero-order valence-corrected chi connectivity index (χ0v) is 12.6. The summed E-state index contributed by atoms with van der Waals surface area (Å²) in [6.45, 7) is 4.41. The van der Waals surface area contributed by atoms with Crippen LogP contribution in [0.3, 0.4) is 0 Å². The molecule has 2 nitrogen and oxygen atoms in total. The maximum atomic E-state index is 12.5. The van der Waals surface area contributed by atoms with Crippen molar-refractivity contribution < 1.29 is 9.53 Å². The molecule has 0 aliphatic rings. The number of thiophene rings is 1. The third-order valence-corrected chi connectivity index (χ3v) is 4.12. The molecule has 1 heterocycles. The first-order valence-electron chi connectivity index (χ1n) is 5.66. The second kappa shape index (κ2) is 5.67. The van der Waals surface area contributed by atoms with Crippen LogP contribution in [0.15, 0.2) is 34.1 Å². The van der Waals surface area contributed by atoms with Crippen molar-refractivity contribution in [2.24, 2.45) is 0 Å². The smallest absolute Gasteiger partial charge is 0.197 e. The van der Waals surface area contributed by atoms with E-state index in [-0.39, 0.29) is 5.78 Å². The molecule has 1 aromatic carbocycles. The van der Waals surface area contributed by atoms with E-state index in [0.717, 1.165) is 14.2 Å². The molecule has 0 aliphatic heterocycles. The minimum absolute atomic E-state index is 0.0125. The van der Waals surface area contributed by atoms with Crippen LogP contribution in [0, 0.1) is 6.92 Å². The summed E-state index contributed by atoms with van der Waals surface area (Å²) in [6, 6.07) is 9.22. The van der Waals surface area contributed by atoms with Crippen LogP contribution in [0.2, 0.25) is 0 Å². The molecule has 0 saturated carbocycles. The number of ether oxygens (including phenoxy) is 1. The zero-order chi connectivity index (χ0) is 13.1. The predicted octanol–water partition coefficient (Wildman–Crippen LogP) is 4.45. The third kappa shape index (κ3) is 2.65. The molecule has 0 atom stereocenters. The molecular weight excluding hydrogens is 312 g/mol. The highest BCUT2D eigenvalue weighted by atomic mass is 79.9. The average Bonchev–Trinajstić information content (AvgIpc) is 2.69. The number of hydrogen-bond acceptors (Lipinski definition) is 3. The Balaban J connectivity index is 2.43. The Morgan fingerprint density at radius 2 is 2.06 bits per heavy atom. The molecule has 4 heteroatoms. The summed E-state index contributed by atoms with van der Waals surface area (Å²) in [4.78, 5) is 13.5. The first kappa shape index (κ1) is 13.3. The highest BCUT2D eigenvalue weighted by molar-refractivity contribution is 9.11.